The summed E-state index contributed by atoms with van der Waals surface area (Å²) >= 11 is 0. The van der Waals surface area contributed by atoms with Gasteiger partial charge in [-0.05, 0) is 56.0 Å². The molecule has 0 atom stereocenters. The summed E-state index contributed by atoms with van der Waals surface area (Å²) in [5.74, 6) is 1.44. The number of hydrogen-bond donors (Lipinski definition) is 1. The largest absolute Gasteiger partial charge is 0.492 e. The first kappa shape index (κ1) is 25.8. The number of fused-ring (bicyclic) bond motifs is 7. The highest BCUT2D eigenvalue weighted by Gasteiger charge is 2.11. The van der Waals surface area contributed by atoms with Crippen LogP contribution in [0.3, 0.4) is 0 Å². The lowest BCUT2D eigenvalue weighted by Crippen LogP contribution is -2.28. The summed E-state index contributed by atoms with van der Waals surface area (Å²) in [6, 6.07) is 10.1. The third kappa shape index (κ3) is 7.34. The number of hydrogen-bond acceptors (Lipinski definition) is 8. The van der Waals surface area contributed by atoms with Crippen molar-refractivity contribution in [2.24, 2.45) is 0 Å². The molecule has 4 rings (SSSR count). The number of ether oxygens (including phenoxy) is 2. The summed E-state index contributed by atoms with van der Waals surface area (Å²) in [7, 11) is 2.10. The molecule has 0 radical (unpaired) electrons. The Bertz CT molecular complexity index is 1150. The van der Waals surface area contributed by atoms with E-state index in [1.54, 1.807) is 6.20 Å². The molecular weight excluding hydrogens is 452 g/mol. The first-order valence-electron chi connectivity index (χ1n) is 12.6. The summed E-state index contributed by atoms with van der Waals surface area (Å²) in [6.07, 6.45) is 9.60. The quantitative estimate of drug-likeness (QED) is 0.508. The van der Waals surface area contributed by atoms with Crippen molar-refractivity contribution in [2.45, 2.75) is 27.0 Å². The van der Waals surface area contributed by atoms with E-state index in [1.165, 1.54) is 0 Å². The van der Waals surface area contributed by atoms with Gasteiger partial charge in [-0.15, -0.1) is 0 Å². The van der Waals surface area contributed by atoms with Crippen molar-refractivity contribution in [3.05, 3.63) is 72.2 Å². The molecule has 0 saturated heterocycles. The van der Waals surface area contributed by atoms with E-state index in [1.807, 2.05) is 30.6 Å². The Kier molecular flexibility index (Phi) is 9.38. The van der Waals surface area contributed by atoms with E-state index in [4.69, 9.17) is 14.5 Å². The van der Waals surface area contributed by atoms with Crippen molar-refractivity contribution in [3.8, 4) is 17.0 Å². The third-order valence-corrected chi connectivity index (χ3v) is 6.13. The van der Waals surface area contributed by atoms with Crippen molar-refractivity contribution < 1.29 is 9.47 Å². The molecule has 6 bridgehead atoms. The standard InChI is InChI=1S/C28H36N6O2/c1-4-34(5-2)13-15-36-27-9-8-25-17-24(27)20-33(3)12-6-7-14-35-21-22-16-23(19-29-18-22)26-10-11-30-28(31-25)32-26/h6-11,16-19H,4-5,12-15,20-21H2,1-3H3,(H,30,31,32)/b7-6+. The van der Waals surface area contributed by atoms with E-state index in [9.17, 15) is 0 Å². The molecule has 0 unspecified atom stereocenters. The molecule has 1 aliphatic heterocycles. The monoisotopic (exact) mass is 488 g/mol. The van der Waals surface area contributed by atoms with E-state index >= 15 is 0 Å². The lowest BCUT2D eigenvalue weighted by molar-refractivity contribution is 0.148. The number of anilines is 2. The van der Waals surface area contributed by atoms with Gasteiger partial charge in [0, 0.05) is 55.0 Å². The molecule has 0 aliphatic carbocycles. The zero-order chi connectivity index (χ0) is 25.2. The Labute approximate surface area is 214 Å². The average molecular weight is 489 g/mol. The molecule has 2 aromatic heterocycles. The van der Waals surface area contributed by atoms with Gasteiger partial charge in [0.15, 0.2) is 0 Å². The van der Waals surface area contributed by atoms with Crippen LogP contribution in [0.5, 0.6) is 5.75 Å². The second-order valence-electron chi connectivity index (χ2n) is 8.85. The van der Waals surface area contributed by atoms with Crippen molar-refractivity contribution >= 4 is 11.6 Å². The van der Waals surface area contributed by atoms with Crippen LogP contribution in [0.1, 0.15) is 25.0 Å². The minimum Gasteiger partial charge on any atom is -0.492 e. The van der Waals surface area contributed by atoms with Crippen LogP contribution in [0.15, 0.2) is 61.1 Å². The molecule has 0 spiro atoms. The highest BCUT2D eigenvalue weighted by Crippen LogP contribution is 2.27. The fourth-order valence-electron chi connectivity index (χ4n) is 4.08. The normalized spacial score (nSPS) is 15.6. The third-order valence-electron chi connectivity index (χ3n) is 6.13. The summed E-state index contributed by atoms with van der Waals surface area (Å²) in [5, 5.41) is 3.37. The second-order valence-corrected chi connectivity index (χ2v) is 8.85. The van der Waals surface area contributed by atoms with Crippen LogP contribution in [0.2, 0.25) is 0 Å². The minimum atomic E-state index is 0.496. The van der Waals surface area contributed by atoms with Gasteiger partial charge in [-0.2, -0.15) is 0 Å². The van der Waals surface area contributed by atoms with E-state index < -0.39 is 0 Å². The van der Waals surface area contributed by atoms with E-state index in [-0.39, 0.29) is 0 Å². The van der Waals surface area contributed by atoms with Gasteiger partial charge in [-0.3, -0.25) is 9.88 Å². The van der Waals surface area contributed by atoms with Crippen LogP contribution in [-0.4, -0.2) is 71.2 Å². The molecule has 0 amide bonds. The van der Waals surface area contributed by atoms with Gasteiger partial charge < -0.3 is 19.7 Å². The average Bonchev–Trinajstić information content (AvgIpc) is 2.89. The molecule has 190 valence electrons. The zero-order valence-electron chi connectivity index (χ0n) is 21.5. The highest BCUT2D eigenvalue weighted by atomic mass is 16.5. The molecule has 0 saturated carbocycles. The zero-order valence-corrected chi connectivity index (χ0v) is 21.5. The summed E-state index contributed by atoms with van der Waals surface area (Å²) in [5.41, 5.74) is 4.77. The van der Waals surface area contributed by atoms with Crippen molar-refractivity contribution in [3.63, 3.8) is 0 Å². The van der Waals surface area contributed by atoms with Crippen LogP contribution in [-0.2, 0) is 17.9 Å². The SMILES string of the molecule is CCN(CC)CCOc1ccc2cc1CN(C)C/C=C/COCc1cncc(c1)-c1ccnc(n1)N2. The maximum atomic E-state index is 6.23. The Morgan fingerprint density at radius 3 is 2.86 bits per heavy atom. The van der Waals surface area contributed by atoms with Crippen LogP contribution in [0, 0.1) is 0 Å². The minimum absolute atomic E-state index is 0.496. The fraction of sp³-hybridized carbons (Fsp3) is 0.393. The maximum absolute atomic E-state index is 6.23. The number of nitrogens with zero attached hydrogens (tertiary/aromatic N) is 5. The summed E-state index contributed by atoms with van der Waals surface area (Å²) in [6.45, 7) is 10.6. The van der Waals surface area contributed by atoms with Gasteiger partial charge in [0.05, 0.1) is 18.9 Å². The molecule has 1 aliphatic rings. The van der Waals surface area contributed by atoms with Gasteiger partial charge in [0.25, 0.3) is 0 Å². The predicted molar refractivity (Wildman–Crippen MR) is 143 cm³/mol. The Hall–Kier alpha value is -3.33. The number of likely N-dealkylation sites (N-methyl/N-ethyl adjacent to an activating group) is 2. The summed E-state index contributed by atoms with van der Waals surface area (Å²) in [4.78, 5) is 18.1. The van der Waals surface area contributed by atoms with E-state index in [2.05, 4.69) is 70.3 Å². The highest BCUT2D eigenvalue weighted by molar-refractivity contribution is 5.62. The van der Waals surface area contributed by atoms with Crippen LogP contribution in [0.25, 0.3) is 11.3 Å². The number of rotatable bonds is 6. The Morgan fingerprint density at radius 2 is 2.00 bits per heavy atom. The topological polar surface area (TPSA) is 75.6 Å². The molecule has 8 heteroatoms. The first-order chi connectivity index (χ1) is 17.6. The molecule has 3 heterocycles. The molecule has 36 heavy (non-hydrogen) atoms. The van der Waals surface area contributed by atoms with Gasteiger partial charge >= 0.3 is 0 Å². The van der Waals surface area contributed by atoms with Gasteiger partial charge in [-0.1, -0.05) is 26.0 Å². The Morgan fingerprint density at radius 1 is 1.11 bits per heavy atom. The molecule has 1 N–H and O–H groups in total. The maximum Gasteiger partial charge on any atom is 0.227 e. The van der Waals surface area contributed by atoms with Crippen molar-refractivity contribution in [1.29, 1.82) is 0 Å². The van der Waals surface area contributed by atoms with Gasteiger partial charge in [0.2, 0.25) is 5.95 Å². The predicted octanol–water partition coefficient (Wildman–Crippen LogP) is 4.52. The van der Waals surface area contributed by atoms with Crippen LogP contribution < -0.4 is 10.1 Å². The lowest BCUT2D eigenvalue weighted by Gasteiger charge is -2.21. The Balaban J connectivity index is 1.60. The van der Waals surface area contributed by atoms with E-state index in [0.29, 0.717) is 25.8 Å². The van der Waals surface area contributed by atoms with Gasteiger partial charge in [0.1, 0.15) is 12.4 Å². The number of nitrogens with one attached hydrogen (secondary N) is 1. The van der Waals surface area contributed by atoms with Gasteiger partial charge in [-0.25, -0.2) is 9.97 Å². The van der Waals surface area contributed by atoms with Crippen molar-refractivity contribution in [2.75, 3.05) is 51.8 Å². The first-order valence-corrected chi connectivity index (χ1v) is 12.6. The molecule has 8 nitrogen and oxygen atoms in total. The second kappa shape index (κ2) is 13.1. The van der Waals surface area contributed by atoms with Crippen LogP contribution in [0.4, 0.5) is 11.6 Å². The smallest absolute Gasteiger partial charge is 0.227 e. The summed E-state index contributed by atoms with van der Waals surface area (Å²) < 4.78 is 12.1. The number of benzene rings is 1. The molecule has 3 aromatic rings. The van der Waals surface area contributed by atoms with E-state index in [0.717, 1.165) is 66.5 Å². The number of pyridine rings is 1. The number of aromatic nitrogens is 3. The molecule has 0 fully saturated rings. The molecule has 1 aromatic carbocycles. The van der Waals surface area contributed by atoms with Crippen LogP contribution >= 0.6 is 0 Å². The lowest BCUT2D eigenvalue weighted by atomic mass is 10.1. The van der Waals surface area contributed by atoms with Crippen molar-refractivity contribution in [1.82, 2.24) is 24.8 Å². The fourth-order valence-corrected chi connectivity index (χ4v) is 4.08. The molecular formula is C28H36N6O2.